The number of nitrogens with one attached hydrogen (secondary N) is 1. The van der Waals surface area contributed by atoms with Crippen LogP contribution in [-0.4, -0.2) is 17.0 Å². The number of benzene rings is 3. The summed E-state index contributed by atoms with van der Waals surface area (Å²) in [4.78, 5) is 24.2. The van der Waals surface area contributed by atoms with Gasteiger partial charge in [0.2, 0.25) is 5.91 Å². The van der Waals surface area contributed by atoms with E-state index in [1.165, 1.54) is 17.2 Å². The molecule has 1 amide bonds. The van der Waals surface area contributed by atoms with Crippen LogP contribution < -0.4 is 10.1 Å². The van der Waals surface area contributed by atoms with Crippen LogP contribution in [0.15, 0.2) is 78.9 Å². The number of aliphatic carboxylic acids is 1. The van der Waals surface area contributed by atoms with E-state index in [9.17, 15) is 14.9 Å². The first-order valence-electron chi connectivity index (χ1n) is 12.0. The molecule has 1 fully saturated rings. The predicted molar refractivity (Wildman–Crippen MR) is 136 cm³/mol. The first kappa shape index (κ1) is 23.4. The summed E-state index contributed by atoms with van der Waals surface area (Å²) in [7, 11) is 0. The van der Waals surface area contributed by atoms with Gasteiger partial charge in [-0.15, -0.1) is 0 Å². The third kappa shape index (κ3) is 4.73. The van der Waals surface area contributed by atoms with Crippen LogP contribution in [0.3, 0.4) is 0 Å². The Morgan fingerprint density at radius 3 is 2.75 bits per heavy atom. The summed E-state index contributed by atoms with van der Waals surface area (Å²) < 4.78 is 6.05. The van der Waals surface area contributed by atoms with Crippen LogP contribution in [0.4, 0.5) is 5.69 Å². The molecule has 0 aliphatic heterocycles. The lowest BCUT2D eigenvalue weighted by molar-refractivity contribution is -0.131. The second-order valence-corrected chi connectivity index (χ2v) is 9.42. The molecule has 6 nitrogen and oxygen atoms in total. The molecule has 2 aliphatic rings. The van der Waals surface area contributed by atoms with Gasteiger partial charge in [-0.1, -0.05) is 48.5 Å². The van der Waals surface area contributed by atoms with Gasteiger partial charge in [0.1, 0.15) is 12.4 Å². The molecule has 5 rings (SSSR count). The molecular formula is C30H26N2O4. The maximum Gasteiger partial charge on any atom is 0.327 e. The number of aryl methyl sites for hydroxylation is 1. The normalized spacial score (nSPS) is 19.6. The molecule has 3 aromatic carbocycles. The maximum absolute atomic E-state index is 13.3. The molecule has 0 heterocycles. The minimum Gasteiger partial charge on any atom is -0.489 e. The number of amides is 1. The molecule has 6 heteroatoms. The molecule has 2 N–H and O–H groups in total. The number of hydrogen-bond donors (Lipinski definition) is 2. The van der Waals surface area contributed by atoms with Gasteiger partial charge in [-0.2, -0.15) is 5.26 Å². The molecule has 0 unspecified atom stereocenters. The predicted octanol–water partition coefficient (Wildman–Crippen LogP) is 5.16. The molecule has 0 aromatic heterocycles. The highest BCUT2D eigenvalue weighted by atomic mass is 16.5. The Morgan fingerprint density at radius 1 is 1.14 bits per heavy atom. The van der Waals surface area contributed by atoms with Crippen LogP contribution in [0.1, 0.15) is 40.7 Å². The monoisotopic (exact) mass is 478 g/mol. The molecule has 3 aromatic rings. The van der Waals surface area contributed by atoms with Gasteiger partial charge in [-0.05, 0) is 72.2 Å². The maximum atomic E-state index is 13.3. The zero-order valence-electron chi connectivity index (χ0n) is 19.7. The van der Waals surface area contributed by atoms with Gasteiger partial charge in [0.05, 0.1) is 11.6 Å². The number of anilines is 1. The number of nitriles is 1. The number of carboxylic acid groups (broad SMARTS) is 1. The largest absolute Gasteiger partial charge is 0.489 e. The fourth-order valence-electron chi connectivity index (χ4n) is 5.23. The number of allylic oxidation sites excluding steroid dienone is 1. The molecule has 0 saturated heterocycles. The second kappa shape index (κ2) is 9.71. The van der Waals surface area contributed by atoms with Gasteiger partial charge in [-0.3, -0.25) is 4.79 Å². The average Bonchev–Trinajstić information content (AvgIpc) is 3.52. The number of hydrogen-bond acceptors (Lipinski definition) is 4. The minimum absolute atomic E-state index is 0.0722. The standard InChI is InChI=1S/C30H26N2O4/c31-18-21-9-10-23(7-4-8-28(33)34)27(15-21)32-29(35)26-17-30(26)14-13-22-11-12-24(16-25(22)30)36-19-20-5-2-1-3-6-20/h1-6,8-12,15-16,26H,7,13-14,17,19H2,(H,32,35)(H,33,34)/t26-,30-/m0/s1. The Balaban J connectivity index is 1.31. The van der Waals surface area contributed by atoms with Crippen molar-refractivity contribution in [2.75, 3.05) is 5.32 Å². The summed E-state index contributed by atoms with van der Waals surface area (Å²) in [5.74, 6) is -0.450. The van der Waals surface area contributed by atoms with E-state index in [0.717, 1.165) is 42.2 Å². The van der Waals surface area contributed by atoms with E-state index in [1.807, 2.05) is 36.4 Å². The second-order valence-electron chi connectivity index (χ2n) is 9.42. The Labute approximate surface area is 209 Å². The van der Waals surface area contributed by atoms with Gasteiger partial charge < -0.3 is 15.2 Å². The van der Waals surface area contributed by atoms with Gasteiger partial charge in [0, 0.05) is 23.1 Å². The topological polar surface area (TPSA) is 99.4 Å². The summed E-state index contributed by atoms with van der Waals surface area (Å²) >= 11 is 0. The fraction of sp³-hybridized carbons (Fsp3) is 0.233. The zero-order chi connectivity index (χ0) is 25.1. The van der Waals surface area contributed by atoms with E-state index < -0.39 is 5.97 Å². The number of fused-ring (bicyclic) bond motifs is 2. The van der Waals surface area contributed by atoms with E-state index >= 15 is 0 Å². The summed E-state index contributed by atoms with van der Waals surface area (Å²) in [5, 5.41) is 21.2. The molecule has 1 saturated carbocycles. The number of rotatable bonds is 8. The van der Waals surface area contributed by atoms with Crippen LogP contribution >= 0.6 is 0 Å². The average molecular weight is 479 g/mol. The first-order valence-corrected chi connectivity index (χ1v) is 12.0. The highest BCUT2D eigenvalue weighted by molar-refractivity contribution is 5.97. The van der Waals surface area contributed by atoms with Gasteiger partial charge in [0.25, 0.3) is 0 Å². The van der Waals surface area contributed by atoms with Crippen molar-refractivity contribution >= 4 is 17.6 Å². The van der Waals surface area contributed by atoms with E-state index in [4.69, 9.17) is 9.84 Å². The van der Waals surface area contributed by atoms with Crippen molar-refractivity contribution in [3.8, 4) is 11.8 Å². The van der Waals surface area contributed by atoms with Crippen LogP contribution in [-0.2, 0) is 34.5 Å². The van der Waals surface area contributed by atoms with Gasteiger partial charge in [0.15, 0.2) is 0 Å². The van der Waals surface area contributed by atoms with E-state index in [0.29, 0.717) is 24.3 Å². The molecule has 0 bridgehead atoms. The van der Waals surface area contributed by atoms with Crippen LogP contribution in [0.5, 0.6) is 5.75 Å². The van der Waals surface area contributed by atoms with Crippen molar-refractivity contribution in [3.05, 3.63) is 107 Å². The first-order chi connectivity index (χ1) is 17.5. The van der Waals surface area contributed by atoms with E-state index in [2.05, 4.69) is 23.5 Å². The van der Waals surface area contributed by atoms with Crippen molar-refractivity contribution in [2.24, 2.45) is 5.92 Å². The lowest BCUT2D eigenvalue weighted by atomic mass is 9.94. The quantitative estimate of drug-likeness (QED) is 0.436. The van der Waals surface area contributed by atoms with E-state index in [-0.39, 0.29) is 17.2 Å². The summed E-state index contributed by atoms with van der Waals surface area (Å²) in [5.41, 5.74) is 5.14. The van der Waals surface area contributed by atoms with Crippen molar-refractivity contribution in [1.29, 1.82) is 5.26 Å². The third-order valence-corrected chi connectivity index (χ3v) is 7.19. The molecule has 36 heavy (non-hydrogen) atoms. The van der Waals surface area contributed by atoms with Crippen LogP contribution in [0.2, 0.25) is 0 Å². The highest BCUT2D eigenvalue weighted by Gasteiger charge is 2.61. The van der Waals surface area contributed by atoms with E-state index in [1.54, 1.807) is 18.2 Å². The van der Waals surface area contributed by atoms with Crippen molar-refractivity contribution in [2.45, 2.75) is 37.7 Å². The number of carbonyl (C=O) groups excluding carboxylic acids is 1. The van der Waals surface area contributed by atoms with Crippen LogP contribution in [0, 0.1) is 17.2 Å². The summed E-state index contributed by atoms with van der Waals surface area (Å²) in [6, 6.07) is 23.4. The summed E-state index contributed by atoms with van der Waals surface area (Å²) in [6.07, 6.45) is 5.59. The highest BCUT2D eigenvalue weighted by Crippen LogP contribution is 2.62. The Morgan fingerprint density at radius 2 is 1.97 bits per heavy atom. The third-order valence-electron chi connectivity index (χ3n) is 7.19. The molecule has 2 aliphatic carbocycles. The minimum atomic E-state index is -1.03. The Hall–Kier alpha value is -4.37. The summed E-state index contributed by atoms with van der Waals surface area (Å²) in [6.45, 7) is 0.491. The Bertz CT molecular complexity index is 1390. The van der Waals surface area contributed by atoms with Crippen LogP contribution in [0.25, 0.3) is 0 Å². The molecular weight excluding hydrogens is 452 g/mol. The van der Waals surface area contributed by atoms with Crippen molar-refractivity contribution in [3.63, 3.8) is 0 Å². The molecule has 180 valence electrons. The number of ether oxygens (including phenoxy) is 1. The van der Waals surface area contributed by atoms with Crippen molar-refractivity contribution in [1.82, 2.24) is 0 Å². The smallest absolute Gasteiger partial charge is 0.327 e. The molecule has 0 radical (unpaired) electrons. The zero-order valence-corrected chi connectivity index (χ0v) is 19.7. The number of carbonyl (C=O) groups is 2. The van der Waals surface area contributed by atoms with Gasteiger partial charge >= 0.3 is 5.97 Å². The fourth-order valence-corrected chi connectivity index (χ4v) is 5.23. The molecule has 2 atom stereocenters. The lowest BCUT2D eigenvalue weighted by Gasteiger charge is -2.15. The van der Waals surface area contributed by atoms with Gasteiger partial charge in [-0.25, -0.2) is 4.79 Å². The molecule has 1 spiro atoms. The van der Waals surface area contributed by atoms with Crippen molar-refractivity contribution < 1.29 is 19.4 Å². The number of nitrogens with zero attached hydrogens (tertiary/aromatic N) is 1. The Kier molecular flexibility index (Phi) is 6.30. The lowest BCUT2D eigenvalue weighted by Crippen LogP contribution is -2.20. The number of carboxylic acids is 1. The SMILES string of the molecule is N#Cc1ccc(CC=CC(=O)O)c(NC(=O)[C@@H]2C[C@]23CCc2ccc(OCc4ccccc4)cc23)c1.